The summed E-state index contributed by atoms with van der Waals surface area (Å²) in [6.45, 7) is 9.22. The van der Waals surface area contributed by atoms with Gasteiger partial charge >= 0.3 is 6.09 Å². The van der Waals surface area contributed by atoms with Crippen LogP contribution in [0.4, 0.5) is 4.79 Å². The highest BCUT2D eigenvalue weighted by atomic mass is 16.6. The minimum atomic E-state index is -0.527. The van der Waals surface area contributed by atoms with Crippen molar-refractivity contribution in [3.05, 3.63) is 35.5 Å². The zero-order valence-electron chi connectivity index (χ0n) is 17.1. The van der Waals surface area contributed by atoms with Gasteiger partial charge in [0.1, 0.15) is 11.4 Å². The number of ether oxygens (including phenoxy) is 2. The molecule has 2 aromatic rings. The molecule has 0 spiro atoms. The van der Waals surface area contributed by atoms with E-state index in [-0.39, 0.29) is 12.0 Å². The molecule has 0 N–H and O–H groups in total. The standard InChI is InChI=1S/C21H27N3O4/c1-14-17(12-15-6-7-16(27-5)13-18(15)22-14)19(25)23-8-10-24(11-9-23)20(26)28-21(2,3)4/h6-7,12-13H,8-11H2,1-5H3. The lowest BCUT2D eigenvalue weighted by molar-refractivity contribution is 0.0140. The third kappa shape index (κ3) is 4.35. The molecule has 1 aliphatic heterocycles. The topological polar surface area (TPSA) is 72.0 Å². The highest BCUT2D eigenvalue weighted by Crippen LogP contribution is 2.23. The van der Waals surface area contributed by atoms with E-state index < -0.39 is 5.60 Å². The number of nitrogens with zero attached hydrogens (tertiary/aromatic N) is 3. The van der Waals surface area contributed by atoms with Crippen LogP contribution in [0.25, 0.3) is 10.9 Å². The third-order valence-electron chi connectivity index (χ3n) is 4.66. The molecule has 3 rings (SSSR count). The van der Waals surface area contributed by atoms with Crippen molar-refractivity contribution in [2.24, 2.45) is 0 Å². The first kappa shape index (κ1) is 19.9. The van der Waals surface area contributed by atoms with E-state index in [4.69, 9.17) is 9.47 Å². The Labute approximate surface area is 165 Å². The van der Waals surface area contributed by atoms with E-state index in [1.54, 1.807) is 16.9 Å². The molecular weight excluding hydrogens is 358 g/mol. The summed E-state index contributed by atoms with van der Waals surface area (Å²) in [5.41, 5.74) is 1.53. The second-order valence-corrected chi connectivity index (χ2v) is 7.94. The van der Waals surface area contributed by atoms with Crippen LogP contribution in [0.2, 0.25) is 0 Å². The number of aromatic nitrogens is 1. The molecule has 0 atom stereocenters. The fourth-order valence-electron chi connectivity index (χ4n) is 3.18. The molecule has 1 aromatic carbocycles. The Hall–Kier alpha value is -2.83. The van der Waals surface area contributed by atoms with E-state index in [2.05, 4.69) is 4.98 Å². The van der Waals surface area contributed by atoms with Crippen molar-refractivity contribution in [2.45, 2.75) is 33.3 Å². The van der Waals surface area contributed by atoms with Crippen LogP contribution in [-0.4, -0.2) is 65.7 Å². The maximum absolute atomic E-state index is 13.0. The fourth-order valence-corrected chi connectivity index (χ4v) is 3.18. The molecule has 2 heterocycles. The summed E-state index contributed by atoms with van der Waals surface area (Å²) in [4.78, 5) is 33.2. The van der Waals surface area contributed by atoms with Gasteiger partial charge in [0.25, 0.3) is 5.91 Å². The third-order valence-corrected chi connectivity index (χ3v) is 4.66. The van der Waals surface area contributed by atoms with E-state index in [0.717, 1.165) is 16.7 Å². The Morgan fingerprint density at radius 1 is 1.04 bits per heavy atom. The number of carbonyl (C=O) groups is 2. The lowest BCUT2D eigenvalue weighted by Crippen LogP contribution is -2.51. The van der Waals surface area contributed by atoms with E-state index in [9.17, 15) is 9.59 Å². The van der Waals surface area contributed by atoms with Crippen molar-refractivity contribution in [2.75, 3.05) is 33.3 Å². The lowest BCUT2D eigenvalue weighted by atomic mass is 10.1. The predicted octanol–water partition coefficient (Wildman–Crippen LogP) is 3.24. The quantitative estimate of drug-likeness (QED) is 0.794. The van der Waals surface area contributed by atoms with Crippen molar-refractivity contribution in [1.82, 2.24) is 14.8 Å². The number of hydrogen-bond acceptors (Lipinski definition) is 5. The average molecular weight is 385 g/mol. The summed E-state index contributed by atoms with van der Waals surface area (Å²) in [6, 6.07) is 7.49. The molecule has 1 aliphatic rings. The van der Waals surface area contributed by atoms with Gasteiger partial charge < -0.3 is 19.3 Å². The minimum Gasteiger partial charge on any atom is -0.497 e. The van der Waals surface area contributed by atoms with Crippen LogP contribution in [0.1, 0.15) is 36.8 Å². The van der Waals surface area contributed by atoms with Gasteiger partial charge in [-0.05, 0) is 45.9 Å². The van der Waals surface area contributed by atoms with Gasteiger partial charge in [-0.15, -0.1) is 0 Å². The van der Waals surface area contributed by atoms with Crippen LogP contribution in [0.3, 0.4) is 0 Å². The van der Waals surface area contributed by atoms with E-state index in [1.165, 1.54) is 0 Å². The number of benzene rings is 1. The molecule has 0 aliphatic carbocycles. The summed E-state index contributed by atoms with van der Waals surface area (Å²) < 4.78 is 10.6. The molecule has 28 heavy (non-hydrogen) atoms. The van der Waals surface area contributed by atoms with Crippen LogP contribution in [0.15, 0.2) is 24.3 Å². The lowest BCUT2D eigenvalue weighted by Gasteiger charge is -2.35. The maximum atomic E-state index is 13.0. The number of aryl methyl sites for hydroxylation is 1. The largest absolute Gasteiger partial charge is 0.497 e. The summed E-state index contributed by atoms with van der Waals surface area (Å²) in [5.74, 6) is 0.670. The predicted molar refractivity (Wildman–Crippen MR) is 107 cm³/mol. The van der Waals surface area contributed by atoms with E-state index in [0.29, 0.717) is 37.4 Å². The Kier molecular flexibility index (Phi) is 5.45. The van der Waals surface area contributed by atoms with Crippen molar-refractivity contribution in [1.29, 1.82) is 0 Å². The van der Waals surface area contributed by atoms with Crippen molar-refractivity contribution < 1.29 is 19.1 Å². The number of methoxy groups -OCH3 is 1. The Morgan fingerprint density at radius 3 is 2.29 bits per heavy atom. The van der Waals surface area contributed by atoms with Gasteiger partial charge in [0.05, 0.1) is 23.9 Å². The number of rotatable bonds is 2. The first-order valence-corrected chi connectivity index (χ1v) is 9.40. The van der Waals surface area contributed by atoms with Crippen LogP contribution in [-0.2, 0) is 4.74 Å². The second-order valence-electron chi connectivity index (χ2n) is 7.94. The normalized spacial score (nSPS) is 14.9. The van der Waals surface area contributed by atoms with Crippen LogP contribution < -0.4 is 4.74 Å². The number of hydrogen-bond donors (Lipinski definition) is 0. The molecule has 0 radical (unpaired) electrons. The molecule has 0 saturated carbocycles. The van der Waals surface area contributed by atoms with Crippen molar-refractivity contribution >= 4 is 22.9 Å². The molecular formula is C21H27N3O4. The van der Waals surface area contributed by atoms with E-state index >= 15 is 0 Å². The molecule has 7 nitrogen and oxygen atoms in total. The molecule has 1 saturated heterocycles. The smallest absolute Gasteiger partial charge is 0.410 e. The molecule has 1 fully saturated rings. The minimum absolute atomic E-state index is 0.0634. The van der Waals surface area contributed by atoms with Crippen molar-refractivity contribution in [3.63, 3.8) is 0 Å². The SMILES string of the molecule is COc1ccc2cc(C(=O)N3CCN(C(=O)OC(C)(C)C)CC3)c(C)nc2c1. The van der Waals surface area contributed by atoms with E-state index in [1.807, 2.05) is 52.0 Å². The molecule has 150 valence electrons. The van der Waals surface area contributed by atoms with Gasteiger partial charge in [0.15, 0.2) is 0 Å². The molecule has 7 heteroatoms. The summed E-state index contributed by atoms with van der Waals surface area (Å²) >= 11 is 0. The van der Waals surface area contributed by atoms with Crippen LogP contribution in [0.5, 0.6) is 5.75 Å². The Balaban J connectivity index is 1.71. The van der Waals surface area contributed by atoms with Gasteiger partial charge in [-0.2, -0.15) is 0 Å². The number of amides is 2. The van der Waals surface area contributed by atoms with Gasteiger partial charge in [0.2, 0.25) is 0 Å². The van der Waals surface area contributed by atoms with Gasteiger partial charge in [-0.25, -0.2) is 4.79 Å². The van der Waals surface area contributed by atoms with Gasteiger partial charge in [0, 0.05) is 37.6 Å². The Bertz CT molecular complexity index is 896. The average Bonchev–Trinajstić information content (AvgIpc) is 2.65. The van der Waals surface area contributed by atoms with Crippen LogP contribution >= 0.6 is 0 Å². The molecule has 0 unspecified atom stereocenters. The van der Waals surface area contributed by atoms with Gasteiger partial charge in [-0.1, -0.05) is 0 Å². The Morgan fingerprint density at radius 2 is 1.68 bits per heavy atom. The number of piperazine rings is 1. The number of carbonyl (C=O) groups excluding carboxylic acids is 2. The zero-order valence-corrected chi connectivity index (χ0v) is 17.1. The maximum Gasteiger partial charge on any atom is 0.410 e. The highest BCUT2D eigenvalue weighted by molar-refractivity contribution is 5.99. The summed E-state index contributed by atoms with van der Waals surface area (Å²) in [7, 11) is 1.61. The monoisotopic (exact) mass is 385 g/mol. The molecule has 0 bridgehead atoms. The van der Waals surface area contributed by atoms with Crippen LogP contribution in [0, 0.1) is 6.92 Å². The van der Waals surface area contributed by atoms with Crippen molar-refractivity contribution in [3.8, 4) is 5.75 Å². The first-order chi connectivity index (χ1) is 13.2. The number of fused-ring (bicyclic) bond motifs is 1. The highest BCUT2D eigenvalue weighted by Gasteiger charge is 2.28. The fraction of sp³-hybridized carbons (Fsp3) is 0.476. The first-order valence-electron chi connectivity index (χ1n) is 9.40. The second kappa shape index (κ2) is 7.66. The molecule has 1 aromatic heterocycles. The summed E-state index contributed by atoms with van der Waals surface area (Å²) in [6.07, 6.45) is -0.336. The number of pyridine rings is 1. The summed E-state index contributed by atoms with van der Waals surface area (Å²) in [5, 5.41) is 0.891. The zero-order chi connectivity index (χ0) is 20.5. The van der Waals surface area contributed by atoms with Gasteiger partial charge in [-0.3, -0.25) is 9.78 Å². The molecule has 2 amide bonds.